The van der Waals surface area contributed by atoms with Gasteiger partial charge in [0, 0.05) is 19.7 Å². The molecule has 0 bridgehead atoms. The van der Waals surface area contributed by atoms with Gasteiger partial charge in [-0.05, 0) is 24.6 Å². The molecule has 0 radical (unpaired) electrons. The number of hydrogen-bond acceptors (Lipinski definition) is 5. The number of hydrogen-bond donors (Lipinski definition) is 1. The van der Waals surface area contributed by atoms with Crippen molar-refractivity contribution in [1.29, 1.82) is 5.26 Å². The molecule has 0 aliphatic heterocycles. The molecule has 0 amide bonds. The highest BCUT2D eigenvalue weighted by Gasteiger charge is 2.09. The van der Waals surface area contributed by atoms with Crippen molar-refractivity contribution >= 4 is 17.3 Å². The summed E-state index contributed by atoms with van der Waals surface area (Å²) >= 11 is 0. The molecular formula is C20H19N5. The zero-order chi connectivity index (χ0) is 17.6. The van der Waals surface area contributed by atoms with Crippen LogP contribution in [0.3, 0.4) is 0 Å². The van der Waals surface area contributed by atoms with Crippen LogP contribution in [0.15, 0.2) is 60.7 Å². The SMILES string of the molecule is Cc1nc(Nc2ccccc2C#N)cc(N(C)Cc2ccccc2)n1. The number of benzene rings is 2. The van der Waals surface area contributed by atoms with Gasteiger partial charge in [0.2, 0.25) is 0 Å². The van der Waals surface area contributed by atoms with E-state index in [-0.39, 0.29) is 0 Å². The lowest BCUT2D eigenvalue weighted by Gasteiger charge is -2.19. The van der Waals surface area contributed by atoms with Gasteiger partial charge in [-0.25, -0.2) is 9.97 Å². The van der Waals surface area contributed by atoms with Crippen molar-refractivity contribution in [3.8, 4) is 6.07 Å². The van der Waals surface area contributed by atoms with Gasteiger partial charge in [-0.1, -0.05) is 42.5 Å². The quantitative estimate of drug-likeness (QED) is 0.765. The lowest BCUT2D eigenvalue weighted by Crippen LogP contribution is -2.18. The maximum Gasteiger partial charge on any atom is 0.136 e. The summed E-state index contributed by atoms with van der Waals surface area (Å²) in [5.41, 5.74) is 2.53. The fourth-order valence-corrected chi connectivity index (χ4v) is 2.58. The zero-order valence-corrected chi connectivity index (χ0v) is 14.3. The Balaban J connectivity index is 1.84. The molecule has 0 unspecified atom stereocenters. The average molecular weight is 329 g/mol. The van der Waals surface area contributed by atoms with Gasteiger partial charge >= 0.3 is 0 Å². The number of aromatic nitrogens is 2. The third kappa shape index (κ3) is 4.12. The molecule has 25 heavy (non-hydrogen) atoms. The molecule has 5 heteroatoms. The minimum atomic E-state index is 0.581. The van der Waals surface area contributed by atoms with Gasteiger partial charge in [0.1, 0.15) is 23.5 Å². The molecule has 0 aliphatic rings. The Morgan fingerprint density at radius 2 is 1.76 bits per heavy atom. The molecule has 1 N–H and O–H groups in total. The molecule has 0 fully saturated rings. The Morgan fingerprint density at radius 1 is 1.04 bits per heavy atom. The van der Waals surface area contributed by atoms with E-state index >= 15 is 0 Å². The first-order valence-corrected chi connectivity index (χ1v) is 8.02. The lowest BCUT2D eigenvalue weighted by atomic mass is 10.2. The maximum absolute atomic E-state index is 9.23. The maximum atomic E-state index is 9.23. The predicted octanol–water partition coefficient (Wildman–Crippen LogP) is 4.04. The highest BCUT2D eigenvalue weighted by molar-refractivity contribution is 5.65. The van der Waals surface area contributed by atoms with E-state index in [1.165, 1.54) is 5.56 Å². The molecule has 124 valence electrons. The molecule has 3 aromatic rings. The Bertz CT molecular complexity index is 899. The standard InChI is InChI=1S/C20H19N5/c1-15-22-19(24-18-11-7-6-10-17(18)13-21)12-20(23-15)25(2)14-16-8-4-3-5-9-16/h3-12H,14H2,1-2H3,(H,22,23,24). The van der Waals surface area contributed by atoms with E-state index in [1.54, 1.807) is 6.07 Å². The minimum absolute atomic E-state index is 0.581. The van der Waals surface area contributed by atoms with E-state index in [4.69, 9.17) is 0 Å². The normalized spacial score (nSPS) is 10.1. The highest BCUT2D eigenvalue weighted by atomic mass is 15.2. The van der Waals surface area contributed by atoms with Crippen LogP contribution in [-0.4, -0.2) is 17.0 Å². The summed E-state index contributed by atoms with van der Waals surface area (Å²) in [7, 11) is 2.00. The molecule has 1 heterocycles. The molecule has 0 aliphatic carbocycles. The minimum Gasteiger partial charge on any atom is -0.355 e. The van der Waals surface area contributed by atoms with Gasteiger partial charge < -0.3 is 10.2 Å². The van der Waals surface area contributed by atoms with Gasteiger partial charge in [0.15, 0.2) is 0 Å². The van der Waals surface area contributed by atoms with Crippen molar-refractivity contribution < 1.29 is 0 Å². The van der Waals surface area contributed by atoms with Gasteiger partial charge in [-0.15, -0.1) is 0 Å². The van der Waals surface area contributed by atoms with E-state index in [0.29, 0.717) is 17.2 Å². The van der Waals surface area contributed by atoms with Crippen molar-refractivity contribution in [1.82, 2.24) is 9.97 Å². The van der Waals surface area contributed by atoms with Crippen molar-refractivity contribution in [2.75, 3.05) is 17.3 Å². The largest absolute Gasteiger partial charge is 0.355 e. The van der Waals surface area contributed by atoms with Crippen molar-refractivity contribution in [3.05, 3.63) is 77.6 Å². The van der Waals surface area contributed by atoms with Crippen molar-refractivity contribution in [3.63, 3.8) is 0 Å². The fraction of sp³-hybridized carbons (Fsp3) is 0.150. The summed E-state index contributed by atoms with van der Waals surface area (Å²) in [4.78, 5) is 11.0. The van der Waals surface area contributed by atoms with Crippen LogP contribution in [0.2, 0.25) is 0 Å². The monoisotopic (exact) mass is 329 g/mol. The first kappa shape index (κ1) is 16.5. The molecule has 0 atom stereocenters. The van der Waals surface area contributed by atoms with E-state index in [1.807, 2.05) is 56.4 Å². The van der Waals surface area contributed by atoms with Crippen LogP contribution >= 0.6 is 0 Å². The Kier molecular flexibility index (Phi) is 4.91. The van der Waals surface area contributed by atoms with Gasteiger partial charge in [-0.3, -0.25) is 0 Å². The van der Waals surface area contributed by atoms with Crippen molar-refractivity contribution in [2.45, 2.75) is 13.5 Å². The Morgan fingerprint density at radius 3 is 2.52 bits per heavy atom. The van der Waals surface area contributed by atoms with Crippen LogP contribution in [-0.2, 0) is 6.54 Å². The molecular weight excluding hydrogens is 310 g/mol. The van der Waals surface area contributed by atoms with Crippen LogP contribution in [0.1, 0.15) is 17.0 Å². The molecule has 5 nitrogen and oxygen atoms in total. The fourth-order valence-electron chi connectivity index (χ4n) is 2.58. The molecule has 0 spiro atoms. The highest BCUT2D eigenvalue weighted by Crippen LogP contribution is 2.22. The Hall–Kier alpha value is -3.39. The molecule has 1 aromatic heterocycles. The topological polar surface area (TPSA) is 64.8 Å². The summed E-state index contributed by atoms with van der Waals surface area (Å²) in [5, 5.41) is 12.5. The summed E-state index contributed by atoms with van der Waals surface area (Å²) in [5.74, 6) is 2.17. The first-order chi connectivity index (χ1) is 12.2. The lowest BCUT2D eigenvalue weighted by molar-refractivity contribution is 0.880. The van der Waals surface area contributed by atoms with Crippen LogP contribution in [0.4, 0.5) is 17.3 Å². The first-order valence-electron chi connectivity index (χ1n) is 8.02. The number of rotatable bonds is 5. The Labute approximate surface area is 147 Å². The number of nitrogens with zero attached hydrogens (tertiary/aromatic N) is 4. The number of nitriles is 1. The molecule has 3 rings (SSSR count). The van der Waals surface area contributed by atoms with Gasteiger partial charge in [0.05, 0.1) is 11.3 Å². The second-order valence-corrected chi connectivity index (χ2v) is 5.78. The number of anilines is 3. The van der Waals surface area contributed by atoms with E-state index in [2.05, 4.69) is 38.4 Å². The van der Waals surface area contributed by atoms with E-state index in [9.17, 15) is 5.26 Å². The summed E-state index contributed by atoms with van der Waals surface area (Å²) in [6.07, 6.45) is 0. The number of para-hydroxylation sites is 1. The average Bonchev–Trinajstić information content (AvgIpc) is 2.62. The van der Waals surface area contributed by atoms with Crippen LogP contribution in [0, 0.1) is 18.3 Å². The third-order valence-corrected chi connectivity index (χ3v) is 3.79. The molecule has 2 aromatic carbocycles. The van der Waals surface area contributed by atoms with Crippen LogP contribution in [0.25, 0.3) is 0 Å². The van der Waals surface area contributed by atoms with Gasteiger partial charge in [0.25, 0.3) is 0 Å². The summed E-state index contributed by atoms with van der Waals surface area (Å²) in [6, 6.07) is 21.7. The van der Waals surface area contributed by atoms with E-state index in [0.717, 1.165) is 18.1 Å². The third-order valence-electron chi connectivity index (χ3n) is 3.79. The smallest absolute Gasteiger partial charge is 0.136 e. The van der Waals surface area contributed by atoms with Crippen LogP contribution < -0.4 is 10.2 Å². The number of nitrogens with one attached hydrogen (secondary N) is 1. The van der Waals surface area contributed by atoms with Gasteiger partial charge in [-0.2, -0.15) is 5.26 Å². The zero-order valence-electron chi connectivity index (χ0n) is 14.3. The second-order valence-electron chi connectivity index (χ2n) is 5.78. The number of aryl methyl sites for hydroxylation is 1. The molecule has 0 saturated heterocycles. The molecule has 0 saturated carbocycles. The second kappa shape index (κ2) is 7.45. The summed E-state index contributed by atoms with van der Waals surface area (Å²) in [6.45, 7) is 2.62. The van der Waals surface area contributed by atoms with Crippen molar-refractivity contribution in [2.24, 2.45) is 0 Å². The van der Waals surface area contributed by atoms with Crippen LogP contribution in [0.5, 0.6) is 0 Å². The predicted molar refractivity (Wildman–Crippen MR) is 99.8 cm³/mol. The summed E-state index contributed by atoms with van der Waals surface area (Å²) < 4.78 is 0. The van der Waals surface area contributed by atoms with E-state index < -0.39 is 0 Å².